The number of carbonyl (C=O) groups is 2. The normalized spacial score (nSPS) is 10.2. The third-order valence-corrected chi connectivity index (χ3v) is 1.86. The smallest absolute Gasteiger partial charge is 0.245 e. The highest BCUT2D eigenvalue weighted by atomic mass is 16.5. The van der Waals surface area contributed by atoms with Crippen LogP contribution in [0.4, 0.5) is 0 Å². The largest absolute Gasteiger partial charge is 0.382 e. The van der Waals surface area contributed by atoms with Gasteiger partial charge in [0.15, 0.2) is 0 Å². The predicted molar refractivity (Wildman–Crippen MR) is 61.8 cm³/mol. The molecule has 0 saturated carbocycles. The summed E-state index contributed by atoms with van der Waals surface area (Å²) in [5.41, 5.74) is 0. The summed E-state index contributed by atoms with van der Waals surface area (Å²) >= 11 is 0. The first kappa shape index (κ1) is 16.0. The van der Waals surface area contributed by atoms with Crippen LogP contribution in [0.1, 0.15) is 12.8 Å². The zero-order valence-corrected chi connectivity index (χ0v) is 10.3. The van der Waals surface area contributed by atoms with E-state index in [9.17, 15) is 9.59 Å². The molecule has 0 rings (SSSR count). The second kappa shape index (κ2) is 13.1. The van der Waals surface area contributed by atoms with E-state index in [1.54, 1.807) is 7.11 Å². The lowest BCUT2D eigenvalue weighted by molar-refractivity contribution is -0.126. The van der Waals surface area contributed by atoms with Crippen molar-refractivity contribution in [3.63, 3.8) is 0 Å². The Morgan fingerprint density at radius 3 is 2.59 bits per heavy atom. The molecule has 0 aliphatic heterocycles. The molecule has 0 radical (unpaired) electrons. The van der Waals surface area contributed by atoms with Crippen LogP contribution in [0.25, 0.3) is 0 Å². The van der Waals surface area contributed by atoms with Gasteiger partial charge in [-0.2, -0.15) is 0 Å². The number of nitrogens with one attached hydrogen (secondary N) is 1. The molecule has 6 heteroatoms. The van der Waals surface area contributed by atoms with Gasteiger partial charge in [-0.3, -0.25) is 4.79 Å². The van der Waals surface area contributed by atoms with E-state index in [1.165, 1.54) is 0 Å². The second-order valence-corrected chi connectivity index (χ2v) is 3.32. The summed E-state index contributed by atoms with van der Waals surface area (Å²) < 4.78 is 15.0. The maximum atomic E-state index is 11.2. The Kier molecular flexibility index (Phi) is 12.3. The number of hydrogen-bond donors (Lipinski definition) is 1. The Labute approximate surface area is 102 Å². The van der Waals surface area contributed by atoms with Crippen molar-refractivity contribution < 1.29 is 23.8 Å². The zero-order valence-electron chi connectivity index (χ0n) is 10.3. The number of rotatable bonds is 12. The molecule has 0 fully saturated rings. The van der Waals surface area contributed by atoms with Crippen LogP contribution in [0.5, 0.6) is 0 Å². The average Bonchev–Trinajstić information content (AvgIpc) is 2.33. The predicted octanol–water partition coefficient (Wildman–Crippen LogP) is -0.239. The van der Waals surface area contributed by atoms with Gasteiger partial charge in [0.25, 0.3) is 0 Å². The number of hydrogen-bond acceptors (Lipinski definition) is 5. The lowest BCUT2D eigenvalue weighted by atomic mass is 10.3. The molecule has 100 valence electrons. The Morgan fingerprint density at radius 2 is 1.88 bits per heavy atom. The summed E-state index contributed by atoms with van der Waals surface area (Å²) in [6.45, 7) is 2.43. The van der Waals surface area contributed by atoms with Crippen molar-refractivity contribution in [1.29, 1.82) is 0 Å². The van der Waals surface area contributed by atoms with Gasteiger partial charge in [-0.15, -0.1) is 0 Å². The van der Waals surface area contributed by atoms with Crippen LogP contribution in [0.15, 0.2) is 0 Å². The van der Waals surface area contributed by atoms with E-state index in [1.807, 2.05) is 0 Å². The molecule has 0 unspecified atom stereocenters. The Balaban J connectivity index is 3.13. The number of amides is 1. The quantitative estimate of drug-likeness (QED) is 0.380. The van der Waals surface area contributed by atoms with Crippen LogP contribution < -0.4 is 5.32 Å². The first-order chi connectivity index (χ1) is 8.31. The first-order valence-corrected chi connectivity index (χ1v) is 5.66. The standard InChI is InChI=1S/C11H21NO5/c1-15-6-7-16-8-9-17-10-11(14)12-4-2-3-5-13/h5H,2-4,6-10H2,1H3,(H,12,14). The number of carbonyl (C=O) groups excluding carboxylic acids is 2. The summed E-state index contributed by atoms with van der Waals surface area (Å²) in [5, 5.41) is 2.65. The maximum Gasteiger partial charge on any atom is 0.245 e. The van der Waals surface area contributed by atoms with Crippen molar-refractivity contribution in [2.24, 2.45) is 0 Å². The molecule has 0 aliphatic rings. The highest BCUT2D eigenvalue weighted by molar-refractivity contribution is 5.77. The van der Waals surface area contributed by atoms with Gasteiger partial charge in [0.1, 0.15) is 12.9 Å². The van der Waals surface area contributed by atoms with Crippen LogP contribution in [-0.4, -0.2) is 58.9 Å². The number of unbranched alkanes of at least 4 members (excludes halogenated alkanes) is 1. The molecule has 17 heavy (non-hydrogen) atoms. The topological polar surface area (TPSA) is 73.9 Å². The molecular formula is C11H21NO5. The van der Waals surface area contributed by atoms with Crippen LogP contribution in [0, 0.1) is 0 Å². The molecule has 1 amide bonds. The molecule has 0 heterocycles. The van der Waals surface area contributed by atoms with Crippen molar-refractivity contribution in [1.82, 2.24) is 5.32 Å². The number of methoxy groups -OCH3 is 1. The highest BCUT2D eigenvalue weighted by Gasteiger charge is 1.99. The minimum atomic E-state index is -0.173. The van der Waals surface area contributed by atoms with Gasteiger partial charge in [0.2, 0.25) is 5.91 Å². The maximum absolute atomic E-state index is 11.2. The fourth-order valence-electron chi connectivity index (χ4n) is 0.991. The van der Waals surface area contributed by atoms with Gasteiger partial charge < -0.3 is 24.3 Å². The van der Waals surface area contributed by atoms with E-state index in [0.717, 1.165) is 6.29 Å². The minimum Gasteiger partial charge on any atom is -0.382 e. The summed E-state index contributed by atoms with van der Waals surface area (Å²) in [6.07, 6.45) is 1.96. The molecule has 0 aliphatic carbocycles. The third kappa shape index (κ3) is 13.0. The fourth-order valence-corrected chi connectivity index (χ4v) is 0.991. The fraction of sp³-hybridized carbons (Fsp3) is 0.818. The Morgan fingerprint density at radius 1 is 1.18 bits per heavy atom. The van der Waals surface area contributed by atoms with Crippen LogP contribution in [0.3, 0.4) is 0 Å². The van der Waals surface area contributed by atoms with Gasteiger partial charge in [0, 0.05) is 20.1 Å². The van der Waals surface area contributed by atoms with E-state index >= 15 is 0 Å². The molecule has 0 spiro atoms. The summed E-state index contributed by atoms with van der Waals surface area (Å²) in [5.74, 6) is -0.173. The second-order valence-electron chi connectivity index (χ2n) is 3.32. The molecule has 0 saturated heterocycles. The van der Waals surface area contributed by atoms with Crippen molar-refractivity contribution >= 4 is 12.2 Å². The summed E-state index contributed by atoms with van der Waals surface area (Å²) in [7, 11) is 1.61. The SMILES string of the molecule is COCCOCCOCC(=O)NCCCC=O. The molecule has 0 aromatic rings. The number of aldehydes is 1. The van der Waals surface area contributed by atoms with E-state index < -0.39 is 0 Å². The molecule has 0 aromatic heterocycles. The van der Waals surface area contributed by atoms with Gasteiger partial charge >= 0.3 is 0 Å². The van der Waals surface area contributed by atoms with Crippen molar-refractivity contribution in [3.8, 4) is 0 Å². The first-order valence-electron chi connectivity index (χ1n) is 5.66. The lowest BCUT2D eigenvalue weighted by Gasteiger charge is -2.06. The van der Waals surface area contributed by atoms with Gasteiger partial charge in [-0.05, 0) is 6.42 Å². The Bertz CT molecular complexity index is 198. The van der Waals surface area contributed by atoms with E-state index in [0.29, 0.717) is 45.8 Å². The van der Waals surface area contributed by atoms with Crippen molar-refractivity contribution in [2.75, 3.05) is 46.7 Å². The molecule has 1 N–H and O–H groups in total. The molecule has 0 atom stereocenters. The third-order valence-electron chi connectivity index (χ3n) is 1.86. The van der Waals surface area contributed by atoms with Gasteiger partial charge in [-0.1, -0.05) is 0 Å². The average molecular weight is 247 g/mol. The number of ether oxygens (including phenoxy) is 3. The molecule has 0 bridgehead atoms. The molecule has 0 aromatic carbocycles. The molecule has 6 nitrogen and oxygen atoms in total. The van der Waals surface area contributed by atoms with Crippen LogP contribution in [0.2, 0.25) is 0 Å². The van der Waals surface area contributed by atoms with Crippen LogP contribution >= 0.6 is 0 Å². The highest BCUT2D eigenvalue weighted by Crippen LogP contribution is 1.83. The van der Waals surface area contributed by atoms with Crippen molar-refractivity contribution in [3.05, 3.63) is 0 Å². The molecular weight excluding hydrogens is 226 g/mol. The zero-order chi connectivity index (χ0) is 12.8. The minimum absolute atomic E-state index is 0.0225. The van der Waals surface area contributed by atoms with Crippen molar-refractivity contribution in [2.45, 2.75) is 12.8 Å². The van der Waals surface area contributed by atoms with Gasteiger partial charge in [0.05, 0.1) is 26.4 Å². The summed E-state index contributed by atoms with van der Waals surface area (Å²) in [4.78, 5) is 21.2. The lowest BCUT2D eigenvalue weighted by Crippen LogP contribution is -2.29. The Hall–Kier alpha value is -0.980. The summed E-state index contributed by atoms with van der Waals surface area (Å²) in [6, 6.07) is 0. The monoisotopic (exact) mass is 247 g/mol. The van der Waals surface area contributed by atoms with E-state index in [4.69, 9.17) is 14.2 Å². The van der Waals surface area contributed by atoms with Gasteiger partial charge in [-0.25, -0.2) is 0 Å². The van der Waals surface area contributed by atoms with E-state index in [-0.39, 0.29) is 12.5 Å². The van der Waals surface area contributed by atoms with Crippen LogP contribution in [-0.2, 0) is 23.8 Å². The van der Waals surface area contributed by atoms with E-state index in [2.05, 4.69) is 5.32 Å².